The van der Waals surface area contributed by atoms with E-state index in [2.05, 4.69) is 34.6 Å². The molecule has 17 nitrogen and oxygen atoms in total. The van der Waals surface area contributed by atoms with Gasteiger partial charge in [-0.3, -0.25) is 37.3 Å². The number of phosphoric ester groups is 2. The molecule has 0 rings (SSSR count). The van der Waals surface area contributed by atoms with Crippen LogP contribution in [0.25, 0.3) is 0 Å². The minimum atomic E-state index is -4.97. The largest absolute Gasteiger partial charge is 0.472 e. The number of rotatable bonds is 90. The molecule has 0 saturated carbocycles. The Hall–Kier alpha value is -1.94. The van der Waals surface area contributed by atoms with Crippen molar-refractivity contribution >= 4 is 39.5 Å². The molecule has 648 valence electrons. The van der Waals surface area contributed by atoms with Crippen molar-refractivity contribution in [1.29, 1.82) is 0 Å². The van der Waals surface area contributed by atoms with E-state index in [1.54, 1.807) is 0 Å². The lowest BCUT2D eigenvalue weighted by molar-refractivity contribution is -0.161. The van der Waals surface area contributed by atoms with Gasteiger partial charge < -0.3 is 33.8 Å². The Bertz CT molecular complexity index is 2070. The summed E-state index contributed by atoms with van der Waals surface area (Å²) in [5.74, 6) is -1.32. The summed E-state index contributed by atoms with van der Waals surface area (Å²) in [5.41, 5.74) is 0. The number of unbranched alkanes of at least 4 members (excludes halogenated alkanes) is 61. The fourth-order valence-corrected chi connectivity index (χ4v) is 15.7. The van der Waals surface area contributed by atoms with Crippen molar-refractivity contribution in [2.45, 2.75) is 509 Å². The molecular weight excluding hydrogens is 1410 g/mol. The highest BCUT2D eigenvalue weighted by Gasteiger charge is 2.31. The number of aliphatic hydroxyl groups excluding tert-OH is 1. The Labute approximate surface area is 670 Å². The Morgan fingerprint density at radius 3 is 0.651 bits per heavy atom. The highest BCUT2D eigenvalue weighted by atomic mass is 31.2. The van der Waals surface area contributed by atoms with Crippen molar-refractivity contribution < 1.29 is 80.2 Å². The van der Waals surface area contributed by atoms with Crippen LogP contribution in [0, 0.1) is 5.92 Å². The monoisotopic (exact) mass is 1590 g/mol. The summed E-state index contributed by atoms with van der Waals surface area (Å²) in [6, 6.07) is 0. The zero-order chi connectivity index (χ0) is 79.7. The zero-order valence-corrected chi connectivity index (χ0v) is 73.5. The van der Waals surface area contributed by atoms with Crippen LogP contribution in [0.2, 0.25) is 0 Å². The molecule has 0 aliphatic carbocycles. The van der Waals surface area contributed by atoms with E-state index in [4.69, 9.17) is 37.0 Å². The lowest BCUT2D eigenvalue weighted by atomic mass is 9.99. The highest BCUT2D eigenvalue weighted by Crippen LogP contribution is 2.45. The van der Waals surface area contributed by atoms with E-state index in [1.807, 2.05) is 0 Å². The standard InChI is InChI=1S/C90H176O17P2/c1-6-10-13-16-19-22-25-28-31-34-37-38-39-42-45-48-51-54-61-66-71-75-89(94)106-85(79-100-87(92)73-68-63-58-52-49-46-43-40-35-32-29-26-23-20-17-14-11-7-2)81-104-108(96,97)102-77-84(91)78-103-109(98,99)105-82-86(80-101-88(93)74-69-64-59-56-55-57-62-67-72-83(5)9-4)107-90(95)76-70-65-60-53-50-47-44-41-36-33-30-27-24-21-18-15-12-8-3/h83-86,91H,6-82H2,1-5H3,(H,96,97)(H,98,99)/t83?,84-,85-,86-/m1/s1. The van der Waals surface area contributed by atoms with Crippen LogP contribution in [0.1, 0.15) is 490 Å². The van der Waals surface area contributed by atoms with Crippen LogP contribution in [0.15, 0.2) is 0 Å². The fourth-order valence-electron chi connectivity index (χ4n) is 14.1. The molecule has 0 spiro atoms. The van der Waals surface area contributed by atoms with E-state index in [0.29, 0.717) is 25.7 Å². The van der Waals surface area contributed by atoms with E-state index in [1.165, 1.54) is 315 Å². The van der Waals surface area contributed by atoms with Crippen molar-refractivity contribution in [2.75, 3.05) is 39.6 Å². The van der Waals surface area contributed by atoms with Gasteiger partial charge in [-0.05, 0) is 31.6 Å². The van der Waals surface area contributed by atoms with Crippen LogP contribution in [0.3, 0.4) is 0 Å². The maximum atomic E-state index is 13.2. The summed E-state index contributed by atoms with van der Waals surface area (Å²) in [4.78, 5) is 73.4. The van der Waals surface area contributed by atoms with Gasteiger partial charge in [0.15, 0.2) is 12.2 Å². The van der Waals surface area contributed by atoms with Gasteiger partial charge in [0.1, 0.15) is 19.3 Å². The van der Waals surface area contributed by atoms with Crippen LogP contribution < -0.4 is 0 Å². The first-order valence-corrected chi connectivity index (χ1v) is 49.7. The van der Waals surface area contributed by atoms with Gasteiger partial charge in [-0.1, -0.05) is 439 Å². The summed E-state index contributed by atoms with van der Waals surface area (Å²) in [6.45, 7) is 7.40. The topological polar surface area (TPSA) is 237 Å². The molecule has 0 aromatic carbocycles. The van der Waals surface area contributed by atoms with Gasteiger partial charge in [-0.2, -0.15) is 0 Å². The van der Waals surface area contributed by atoms with Crippen LogP contribution in [0.4, 0.5) is 0 Å². The quantitative estimate of drug-likeness (QED) is 0.0222. The Morgan fingerprint density at radius 1 is 0.257 bits per heavy atom. The zero-order valence-electron chi connectivity index (χ0n) is 71.7. The molecule has 0 bridgehead atoms. The van der Waals surface area contributed by atoms with Crippen molar-refractivity contribution in [3.63, 3.8) is 0 Å². The predicted molar refractivity (Wildman–Crippen MR) is 451 cm³/mol. The molecule has 3 unspecified atom stereocenters. The molecule has 3 N–H and O–H groups in total. The molecule has 0 aliphatic rings. The summed E-state index contributed by atoms with van der Waals surface area (Å²) in [6.07, 6.45) is 77.8. The second kappa shape index (κ2) is 82.6. The maximum Gasteiger partial charge on any atom is 0.472 e. The SMILES string of the molecule is CCCCCCCCCCCCCCCCCCCCCCCC(=O)O[C@H](COC(=O)CCCCCCCCCCCCCCCCCCCC)COP(=O)(O)OC[C@@H](O)COP(=O)(O)OC[C@@H](COC(=O)CCCCCCCCCCC(C)CC)OC(=O)CCCCCCCCCCCCCCCCCCCC. The number of esters is 4. The number of carbonyl (C=O) groups excluding carboxylic acids is 4. The van der Waals surface area contributed by atoms with Crippen LogP contribution in [-0.4, -0.2) is 96.7 Å². The van der Waals surface area contributed by atoms with Gasteiger partial charge in [0.2, 0.25) is 0 Å². The predicted octanol–water partition coefficient (Wildman–Crippen LogP) is 27.9. The summed E-state index contributed by atoms with van der Waals surface area (Å²) >= 11 is 0. The van der Waals surface area contributed by atoms with Gasteiger partial charge in [-0.15, -0.1) is 0 Å². The molecule has 0 aromatic heterocycles. The average molecular weight is 1590 g/mol. The molecule has 0 amide bonds. The number of hydrogen-bond donors (Lipinski definition) is 3. The first-order valence-electron chi connectivity index (χ1n) is 46.7. The second-order valence-corrected chi connectivity index (χ2v) is 35.5. The first-order chi connectivity index (χ1) is 53.1. The van der Waals surface area contributed by atoms with E-state index >= 15 is 0 Å². The molecule has 0 fully saturated rings. The summed E-state index contributed by atoms with van der Waals surface area (Å²) < 4.78 is 69.1. The third-order valence-electron chi connectivity index (χ3n) is 21.6. The van der Waals surface area contributed by atoms with Gasteiger partial charge in [0.05, 0.1) is 26.4 Å². The number of phosphoric acid groups is 2. The van der Waals surface area contributed by atoms with E-state index < -0.39 is 97.5 Å². The van der Waals surface area contributed by atoms with Gasteiger partial charge in [0, 0.05) is 25.7 Å². The molecule has 0 radical (unpaired) electrons. The second-order valence-electron chi connectivity index (χ2n) is 32.6. The van der Waals surface area contributed by atoms with Crippen LogP contribution in [0.5, 0.6) is 0 Å². The lowest BCUT2D eigenvalue weighted by Crippen LogP contribution is -2.30. The third kappa shape index (κ3) is 82.4. The van der Waals surface area contributed by atoms with E-state index in [9.17, 15) is 43.2 Å². The van der Waals surface area contributed by atoms with Gasteiger partial charge in [-0.25, -0.2) is 9.13 Å². The highest BCUT2D eigenvalue weighted by molar-refractivity contribution is 7.47. The molecule has 0 saturated heterocycles. The third-order valence-corrected chi connectivity index (χ3v) is 23.5. The first kappa shape index (κ1) is 107. The van der Waals surface area contributed by atoms with Gasteiger partial charge in [0.25, 0.3) is 0 Å². The lowest BCUT2D eigenvalue weighted by Gasteiger charge is -2.21. The van der Waals surface area contributed by atoms with Gasteiger partial charge >= 0.3 is 39.5 Å². The van der Waals surface area contributed by atoms with E-state index in [-0.39, 0.29) is 25.7 Å². The van der Waals surface area contributed by atoms with Crippen molar-refractivity contribution in [3.8, 4) is 0 Å². The Morgan fingerprint density at radius 2 is 0.440 bits per heavy atom. The number of ether oxygens (including phenoxy) is 4. The molecule has 19 heteroatoms. The molecule has 109 heavy (non-hydrogen) atoms. The number of carbonyl (C=O) groups is 4. The minimum absolute atomic E-state index is 0.109. The van der Waals surface area contributed by atoms with Crippen molar-refractivity contribution in [3.05, 3.63) is 0 Å². The maximum absolute atomic E-state index is 13.2. The Kier molecular flexibility index (Phi) is 81.1. The molecule has 0 aromatic rings. The molecule has 0 aliphatic heterocycles. The Balaban J connectivity index is 5.25. The van der Waals surface area contributed by atoms with Crippen LogP contribution >= 0.6 is 15.6 Å². The molecular formula is C90H176O17P2. The summed E-state index contributed by atoms with van der Waals surface area (Å²) in [5, 5.41) is 10.7. The summed E-state index contributed by atoms with van der Waals surface area (Å²) in [7, 11) is -9.93. The fraction of sp³-hybridized carbons (Fsp3) is 0.956. The molecule has 6 atom stereocenters. The minimum Gasteiger partial charge on any atom is -0.462 e. The number of aliphatic hydroxyl groups is 1. The van der Waals surface area contributed by atoms with Crippen molar-refractivity contribution in [2.24, 2.45) is 5.92 Å². The van der Waals surface area contributed by atoms with Crippen molar-refractivity contribution in [1.82, 2.24) is 0 Å². The smallest absolute Gasteiger partial charge is 0.462 e. The normalized spacial score (nSPS) is 13.9. The van der Waals surface area contributed by atoms with E-state index in [0.717, 1.165) is 95.8 Å². The molecule has 0 heterocycles. The number of hydrogen-bond acceptors (Lipinski definition) is 15. The van der Waals surface area contributed by atoms with Crippen LogP contribution in [-0.2, 0) is 65.4 Å². The average Bonchev–Trinajstić information content (AvgIpc) is 0.906.